The fourth-order valence-corrected chi connectivity index (χ4v) is 4.16. The lowest BCUT2D eigenvalue weighted by Gasteiger charge is -2.29. The van der Waals surface area contributed by atoms with Crippen LogP contribution in [0.15, 0.2) is 43.0 Å². The first-order valence-electron chi connectivity index (χ1n) is 10.1. The third-order valence-electron chi connectivity index (χ3n) is 5.89. The minimum atomic E-state index is -0.0742. The predicted octanol–water partition coefficient (Wildman–Crippen LogP) is 2.71. The zero-order valence-corrected chi connectivity index (χ0v) is 17.1. The molecule has 4 aromatic heterocycles. The number of hydrogen-bond donors (Lipinski definition) is 2. The number of amides is 1. The van der Waals surface area contributed by atoms with E-state index in [1.54, 1.807) is 24.0 Å². The number of nitrogens with one attached hydrogen (secondary N) is 2. The highest BCUT2D eigenvalue weighted by Gasteiger charge is 2.21. The molecule has 30 heavy (non-hydrogen) atoms. The SMILES string of the molecule is COc1ccnc2[nH]cc(-c3ccn4ncc(C(=O)NC5CCN(C)CC5)c4c3)c12. The number of methoxy groups -OCH3 is 1. The monoisotopic (exact) mass is 404 g/mol. The minimum absolute atomic E-state index is 0.0742. The number of piperidine rings is 1. The van der Waals surface area contributed by atoms with E-state index in [4.69, 9.17) is 4.74 Å². The van der Waals surface area contributed by atoms with E-state index in [1.807, 2.05) is 30.6 Å². The number of H-pyrrole nitrogens is 1. The van der Waals surface area contributed by atoms with Gasteiger partial charge in [-0.3, -0.25) is 4.79 Å². The van der Waals surface area contributed by atoms with Gasteiger partial charge in [0.15, 0.2) is 0 Å². The molecule has 8 nitrogen and oxygen atoms in total. The van der Waals surface area contributed by atoms with Crippen LogP contribution in [0.2, 0.25) is 0 Å². The molecule has 5 rings (SSSR count). The summed E-state index contributed by atoms with van der Waals surface area (Å²) in [4.78, 5) is 22.8. The van der Waals surface area contributed by atoms with Gasteiger partial charge >= 0.3 is 0 Å². The van der Waals surface area contributed by atoms with Gasteiger partial charge in [-0.25, -0.2) is 9.50 Å². The van der Waals surface area contributed by atoms with Crippen molar-refractivity contribution in [1.82, 2.24) is 29.8 Å². The van der Waals surface area contributed by atoms with Crippen LogP contribution in [-0.2, 0) is 0 Å². The molecule has 0 aliphatic carbocycles. The first-order chi connectivity index (χ1) is 14.6. The zero-order chi connectivity index (χ0) is 20.7. The van der Waals surface area contributed by atoms with Crippen LogP contribution in [0.1, 0.15) is 23.2 Å². The van der Waals surface area contributed by atoms with Crippen molar-refractivity contribution in [3.8, 4) is 16.9 Å². The van der Waals surface area contributed by atoms with Crippen LogP contribution in [0.4, 0.5) is 0 Å². The molecular weight excluding hydrogens is 380 g/mol. The summed E-state index contributed by atoms with van der Waals surface area (Å²) in [7, 11) is 3.76. The Hall–Kier alpha value is -3.39. The standard InChI is InChI=1S/C22H24N6O2/c1-27-8-5-15(6-9-27)26-22(29)17-13-25-28-10-4-14(11-18(17)28)16-12-24-21-20(16)19(30-2)3-7-23-21/h3-4,7,10-13,15H,5-6,8-9H2,1-2H3,(H,23,24)(H,26,29). The minimum Gasteiger partial charge on any atom is -0.496 e. The number of carbonyl (C=O) groups excluding carboxylic acids is 1. The highest BCUT2D eigenvalue weighted by molar-refractivity contribution is 6.03. The third kappa shape index (κ3) is 3.19. The number of aromatic nitrogens is 4. The molecule has 1 fully saturated rings. The maximum atomic E-state index is 13.0. The number of ether oxygens (including phenoxy) is 1. The van der Waals surface area contributed by atoms with Crippen LogP contribution in [0.25, 0.3) is 27.7 Å². The van der Waals surface area contributed by atoms with Crippen molar-refractivity contribution in [2.75, 3.05) is 27.2 Å². The first kappa shape index (κ1) is 18.6. The molecule has 4 aromatic rings. The van der Waals surface area contributed by atoms with Crippen molar-refractivity contribution in [1.29, 1.82) is 0 Å². The van der Waals surface area contributed by atoms with Crippen LogP contribution in [0, 0.1) is 0 Å². The molecule has 1 saturated heterocycles. The van der Waals surface area contributed by atoms with Crippen molar-refractivity contribution >= 4 is 22.5 Å². The van der Waals surface area contributed by atoms with Crippen LogP contribution in [0.3, 0.4) is 0 Å². The summed E-state index contributed by atoms with van der Waals surface area (Å²) in [6.45, 7) is 2.00. The Kier molecular flexibility index (Phi) is 4.63. The van der Waals surface area contributed by atoms with Gasteiger partial charge in [-0.1, -0.05) is 0 Å². The van der Waals surface area contributed by atoms with Gasteiger partial charge in [-0.2, -0.15) is 5.10 Å². The number of carbonyl (C=O) groups is 1. The molecule has 0 saturated carbocycles. The second-order valence-corrected chi connectivity index (χ2v) is 7.79. The average molecular weight is 404 g/mol. The molecule has 8 heteroatoms. The maximum Gasteiger partial charge on any atom is 0.255 e. The molecular formula is C22H24N6O2. The number of nitrogens with zero attached hydrogens (tertiary/aromatic N) is 4. The molecule has 0 aromatic carbocycles. The van der Waals surface area contributed by atoms with Gasteiger partial charge in [0.05, 0.1) is 29.8 Å². The Morgan fingerprint density at radius 3 is 2.93 bits per heavy atom. The first-order valence-corrected chi connectivity index (χ1v) is 10.1. The Bertz CT molecular complexity index is 1220. The number of likely N-dealkylation sites (tertiary alicyclic amines) is 1. The summed E-state index contributed by atoms with van der Waals surface area (Å²) >= 11 is 0. The average Bonchev–Trinajstić information content (AvgIpc) is 3.39. The van der Waals surface area contributed by atoms with Gasteiger partial charge in [-0.05, 0) is 56.7 Å². The van der Waals surface area contributed by atoms with E-state index in [-0.39, 0.29) is 11.9 Å². The van der Waals surface area contributed by atoms with Gasteiger partial charge in [0.1, 0.15) is 11.4 Å². The van der Waals surface area contributed by atoms with Crippen molar-refractivity contribution in [2.45, 2.75) is 18.9 Å². The van der Waals surface area contributed by atoms with Gasteiger partial charge in [0.2, 0.25) is 0 Å². The summed E-state index contributed by atoms with van der Waals surface area (Å²) in [5.74, 6) is 0.680. The Balaban J connectivity index is 1.50. The Morgan fingerprint density at radius 1 is 1.30 bits per heavy atom. The highest BCUT2D eigenvalue weighted by atomic mass is 16.5. The smallest absolute Gasteiger partial charge is 0.255 e. The van der Waals surface area contributed by atoms with Gasteiger partial charge in [0.25, 0.3) is 5.91 Å². The second kappa shape index (κ2) is 7.46. The number of aromatic amines is 1. The number of fused-ring (bicyclic) bond motifs is 2. The van der Waals surface area contributed by atoms with E-state index in [9.17, 15) is 4.79 Å². The fourth-order valence-electron chi connectivity index (χ4n) is 4.16. The van der Waals surface area contributed by atoms with E-state index in [0.29, 0.717) is 5.56 Å². The summed E-state index contributed by atoms with van der Waals surface area (Å²) < 4.78 is 7.26. The molecule has 154 valence electrons. The maximum absolute atomic E-state index is 13.0. The topological polar surface area (TPSA) is 87.5 Å². The van der Waals surface area contributed by atoms with Crippen molar-refractivity contribution in [3.63, 3.8) is 0 Å². The van der Waals surface area contributed by atoms with Crippen molar-refractivity contribution < 1.29 is 9.53 Å². The van der Waals surface area contributed by atoms with Crippen LogP contribution < -0.4 is 10.1 Å². The molecule has 2 N–H and O–H groups in total. The Morgan fingerprint density at radius 2 is 2.13 bits per heavy atom. The summed E-state index contributed by atoms with van der Waals surface area (Å²) in [6, 6.07) is 6.02. The molecule has 1 aliphatic heterocycles. The van der Waals surface area contributed by atoms with Crippen LogP contribution in [0.5, 0.6) is 5.75 Å². The van der Waals surface area contributed by atoms with Gasteiger partial charge < -0.3 is 19.9 Å². The summed E-state index contributed by atoms with van der Waals surface area (Å²) in [5, 5.41) is 8.46. The zero-order valence-electron chi connectivity index (χ0n) is 17.1. The highest BCUT2D eigenvalue weighted by Crippen LogP contribution is 2.34. The third-order valence-corrected chi connectivity index (χ3v) is 5.89. The van der Waals surface area contributed by atoms with Crippen molar-refractivity contribution in [3.05, 3.63) is 48.5 Å². The number of hydrogen-bond acceptors (Lipinski definition) is 5. The largest absolute Gasteiger partial charge is 0.496 e. The summed E-state index contributed by atoms with van der Waals surface area (Å²) in [5.41, 5.74) is 4.06. The molecule has 0 unspecified atom stereocenters. The number of rotatable bonds is 4. The van der Waals surface area contributed by atoms with E-state index in [2.05, 4.69) is 32.3 Å². The predicted molar refractivity (Wildman–Crippen MR) is 115 cm³/mol. The fraction of sp³-hybridized carbons (Fsp3) is 0.318. The van der Waals surface area contributed by atoms with E-state index in [1.165, 1.54) is 0 Å². The van der Waals surface area contributed by atoms with Gasteiger partial charge in [0, 0.05) is 30.2 Å². The molecule has 0 atom stereocenters. The molecule has 5 heterocycles. The molecule has 0 spiro atoms. The quantitative estimate of drug-likeness (QED) is 0.546. The molecule has 0 radical (unpaired) electrons. The normalized spacial score (nSPS) is 15.7. The second-order valence-electron chi connectivity index (χ2n) is 7.79. The molecule has 1 aliphatic rings. The van der Waals surface area contributed by atoms with E-state index >= 15 is 0 Å². The Labute approximate surface area is 173 Å². The molecule has 0 bridgehead atoms. The van der Waals surface area contributed by atoms with Crippen LogP contribution >= 0.6 is 0 Å². The van der Waals surface area contributed by atoms with Crippen molar-refractivity contribution in [2.24, 2.45) is 0 Å². The van der Waals surface area contributed by atoms with Gasteiger partial charge in [-0.15, -0.1) is 0 Å². The summed E-state index contributed by atoms with van der Waals surface area (Å²) in [6.07, 6.45) is 9.08. The van der Waals surface area contributed by atoms with Crippen LogP contribution in [-0.4, -0.2) is 63.7 Å². The lowest BCUT2D eigenvalue weighted by atomic mass is 10.0. The lowest BCUT2D eigenvalue weighted by Crippen LogP contribution is -2.43. The molecule has 1 amide bonds. The van der Waals surface area contributed by atoms with E-state index in [0.717, 1.165) is 59.4 Å². The van der Waals surface area contributed by atoms with E-state index < -0.39 is 0 Å². The lowest BCUT2D eigenvalue weighted by molar-refractivity contribution is 0.0918. The number of pyridine rings is 2.